The van der Waals surface area contributed by atoms with Crippen LogP contribution in [0.2, 0.25) is 0 Å². The number of hydrogen-bond acceptors (Lipinski definition) is 4. The summed E-state index contributed by atoms with van der Waals surface area (Å²) in [5, 5.41) is 5.66. The highest BCUT2D eigenvalue weighted by atomic mass is 16.5. The van der Waals surface area contributed by atoms with Crippen LogP contribution < -0.4 is 21.1 Å². The van der Waals surface area contributed by atoms with Gasteiger partial charge in [0.05, 0.1) is 18.5 Å². The minimum Gasteiger partial charge on any atom is -0.497 e. The lowest BCUT2D eigenvalue weighted by Gasteiger charge is -2.13. The Morgan fingerprint density at radius 1 is 1.08 bits per heavy atom. The van der Waals surface area contributed by atoms with E-state index in [1.165, 1.54) is 0 Å². The van der Waals surface area contributed by atoms with Gasteiger partial charge in [0.15, 0.2) is 0 Å². The zero-order valence-corrected chi connectivity index (χ0v) is 15.6. The van der Waals surface area contributed by atoms with Gasteiger partial charge in [-0.2, -0.15) is 0 Å². The Morgan fingerprint density at radius 3 is 2.42 bits per heavy atom. The molecule has 2 aromatic carbocycles. The van der Waals surface area contributed by atoms with Crippen LogP contribution in [0.1, 0.15) is 36.2 Å². The van der Waals surface area contributed by atoms with Gasteiger partial charge in [0.2, 0.25) is 5.91 Å². The fraction of sp³-hybridized carbons (Fsp3) is 0.300. The molecule has 0 saturated heterocycles. The smallest absolute Gasteiger partial charge is 0.255 e. The van der Waals surface area contributed by atoms with E-state index in [0.29, 0.717) is 34.8 Å². The largest absolute Gasteiger partial charge is 0.497 e. The molecule has 138 valence electrons. The summed E-state index contributed by atoms with van der Waals surface area (Å²) in [6, 6.07) is 10.2. The van der Waals surface area contributed by atoms with E-state index >= 15 is 0 Å². The number of benzene rings is 2. The maximum atomic E-state index is 12.5. The molecule has 4 N–H and O–H groups in total. The molecule has 2 amide bonds. The average molecular weight is 355 g/mol. The zero-order valence-electron chi connectivity index (χ0n) is 15.6. The predicted octanol–water partition coefficient (Wildman–Crippen LogP) is 3.82. The molecule has 0 spiro atoms. The third-order valence-electron chi connectivity index (χ3n) is 3.86. The summed E-state index contributed by atoms with van der Waals surface area (Å²) < 4.78 is 5.15. The van der Waals surface area contributed by atoms with Crippen molar-refractivity contribution in [3.63, 3.8) is 0 Å². The monoisotopic (exact) mass is 355 g/mol. The number of rotatable bonds is 6. The summed E-state index contributed by atoms with van der Waals surface area (Å²) in [5.41, 5.74) is 8.83. The predicted molar refractivity (Wildman–Crippen MR) is 105 cm³/mol. The number of amides is 2. The van der Waals surface area contributed by atoms with Crippen LogP contribution in [0.25, 0.3) is 0 Å². The fourth-order valence-electron chi connectivity index (χ4n) is 2.48. The van der Waals surface area contributed by atoms with Crippen molar-refractivity contribution in [1.29, 1.82) is 0 Å². The highest BCUT2D eigenvalue weighted by Crippen LogP contribution is 2.25. The molecule has 0 unspecified atom stereocenters. The van der Waals surface area contributed by atoms with Gasteiger partial charge in [0.1, 0.15) is 5.75 Å². The molecule has 0 radical (unpaired) electrons. The molecule has 0 fully saturated rings. The molecule has 2 rings (SSSR count). The van der Waals surface area contributed by atoms with Gasteiger partial charge >= 0.3 is 0 Å². The average Bonchev–Trinajstić information content (AvgIpc) is 2.57. The number of carbonyl (C=O) groups excluding carboxylic acids is 2. The molecule has 0 aliphatic rings. The van der Waals surface area contributed by atoms with Gasteiger partial charge in [-0.3, -0.25) is 9.59 Å². The Balaban J connectivity index is 2.13. The Bertz CT molecular complexity index is 816. The molecule has 0 saturated carbocycles. The van der Waals surface area contributed by atoms with Crippen LogP contribution >= 0.6 is 0 Å². The van der Waals surface area contributed by atoms with Crippen LogP contribution in [0, 0.1) is 12.8 Å². The lowest BCUT2D eigenvalue weighted by molar-refractivity contribution is -0.116. The van der Waals surface area contributed by atoms with Crippen molar-refractivity contribution in [2.24, 2.45) is 5.92 Å². The quantitative estimate of drug-likeness (QED) is 0.687. The molecule has 0 bridgehead atoms. The zero-order chi connectivity index (χ0) is 19.3. The van der Waals surface area contributed by atoms with Gasteiger partial charge < -0.3 is 21.1 Å². The van der Waals surface area contributed by atoms with E-state index in [1.54, 1.807) is 43.5 Å². The molecule has 0 aromatic heterocycles. The summed E-state index contributed by atoms with van der Waals surface area (Å²) in [7, 11) is 1.55. The van der Waals surface area contributed by atoms with Crippen molar-refractivity contribution >= 4 is 28.9 Å². The Morgan fingerprint density at radius 2 is 1.81 bits per heavy atom. The third kappa shape index (κ3) is 4.99. The molecule has 0 heterocycles. The SMILES string of the molecule is COc1ccc(N)c(NC(=O)c2ccc(NC(=O)CC(C)C)c(C)c2)c1. The summed E-state index contributed by atoms with van der Waals surface area (Å²) in [6.45, 7) is 5.83. The molecule has 0 atom stereocenters. The molecule has 2 aromatic rings. The second-order valence-electron chi connectivity index (χ2n) is 6.58. The van der Waals surface area contributed by atoms with E-state index < -0.39 is 0 Å². The first kappa shape index (κ1) is 19.3. The molecular formula is C20H25N3O3. The normalized spacial score (nSPS) is 10.5. The number of nitrogens with one attached hydrogen (secondary N) is 2. The van der Waals surface area contributed by atoms with Crippen molar-refractivity contribution in [3.05, 3.63) is 47.5 Å². The summed E-state index contributed by atoms with van der Waals surface area (Å²) >= 11 is 0. The topological polar surface area (TPSA) is 93.4 Å². The van der Waals surface area contributed by atoms with Gasteiger partial charge in [-0.1, -0.05) is 13.8 Å². The number of nitrogen functional groups attached to an aromatic ring is 1. The van der Waals surface area contributed by atoms with Crippen molar-refractivity contribution < 1.29 is 14.3 Å². The van der Waals surface area contributed by atoms with Crippen molar-refractivity contribution in [2.45, 2.75) is 27.2 Å². The number of aryl methyl sites for hydroxylation is 1. The van der Waals surface area contributed by atoms with Crippen LogP contribution in [-0.4, -0.2) is 18.9 Å². The highest BCUT2D eigenvalue weighted by Gasteiger charge is 2.12. The number of nitrogens with two attached hydrogens (primary N) is 1. The van der Waals surface area contributed by atoms with Crippen LogP contribution in [0.4, 0.5) is 17.1 Å². The molecule has 26 heavy (non-hydrogen) atoms. The first-order valence-electron chi connectivity index (χ1n) is 8.45. The minimum atomic E-state index is -0.284. The van der Waals surface area contributed by atoms with Crippen LogP contribution in [-0.2, 0) is 4.79 Å². The van der Waals surface area contributed by atoms with Gasteiger partial charge in [0.25, 0.3) is 5.91 Å². The Hall–Kier alpha value is -3.02. The molecule has 6 heteroatoms. The number of ether oxygens (including phenoxy) is 1. The lowest BCUT2D eigenvalue weighted by Crippen LogP contribution is -2.16. The number of hydrogen-bond donors (Lipinski definition) is 3. The third-order valence-corrected chi connectivity index (χ3v) is 3.86. The van der Waals surface area contributed by atoms with Crippen molar-refractivity contribution in [2.75, 3.05) is 23.5 Å². The highest BCUT2D eigenvalue weighted by molar-refractivity contribution is 6.06. The number of methoxy groups -OCH3 is 1. The maximum Gasteiger partial charge on any atom is 0.255 e. The first-order chi connectivity index (χ1) is 12.3. The van der Waals surface area contributed by atoms with Gasteiger partial charge in [-0.25, -0.2) is 0 Å². The van der Waals surface area contributed by atoms with Crippen LogP contribution in [0.3, 0.4) is 0 Å². The van der Waals surface area contributed by atoms with E-state index in [2.05, 4.69) is 10.6 Å². The van der Waals surface area contributed by atoms with Gasteiger partial charge in [0, 0.05) is 23.7 Å². The summed E-state index contributed by atoms with van der Waals surface area (Å²) in [5.74, 6) is 0.570. The lowest BCUT2D eigenvalue weighted by atomic mass is 10.1. The second-order valence-corrected chi connectivity index (χ2v) is 6.58. The number of anilines is 3. The summed E-state index contributed by atoms with van der Waals surface area (Å²) in [6.07, 6.45) is 0.455. The van der Waals surface area contributed by atoms with Crippen LogP contribution in [0.15, 0.2) is 36.4 Å². The Kier molecular flexibility index (Phi) is 6.22. The molecule has 6 nitrogen and oxygen atoms in total. The first-order valence-corrected chi connectivity index (χ1v) is 8.45. The Labute approximate surface area is 153 Å². The van der Waals surface area contributed by atoms with Gasteiger partial charge in [-0.15, -0.1) is 0 Å². The fourth-order valence-corrected chi connectivity index (χ4v) is 2.48. The number of carbonyl (C=O) groups is 2. The summed E-state index contributed by atoms with van der Waals surface area (Å²) in [4.78, 5) is 24.4. The van der Waals surface area contributed by atoms with Crippen molar-refractivity contribution in [3.8, 4) is 5.75 Å². The minimum absolute atomic E-state index is 0.0375. The van der Waals surface area contributed by atoms with E-state index in [0.717, 1.165) is 5.56 Å². The van der Waals surface area contributed by atoms with E-state index in [9.17, 15) is 9.59 Å². The van der Waals surface area contributed by atoms with Gasteiger partial charge in [-0.05, 0) is 48.7 Å². The molecule has 0 aliphatic carbocycles. The second kappa shape index (κ2) is 8.38. The van der Waals surface area contributed by atoms with Crippen molar-refractivity contribution in [1.82, 2.24) is 0 Å². The standard InChI is InChI=1S/C20H25N3O3/c1-12(2)9-19(24)22-17-8-5-14(10-13(17)3)20(25)23-18-11-15(26-4)6-7-16(18)21/h5-8,10-12H,9,21H2,1-4H3,(H,22,24)(H,23,25). The molecule has 0 aliphatic heterocycles. The van der Waals surface area contributed by atoms with E-state index in [4.69, 9.17) is 10.5 Å². The van der Waals surface area contributed by atoms with E-state index in [-0.39, 0.29) is 17.7 Å². The van der Waals surface area contributed by atoms with Crippen LogP contribution in [0.5, 0.6) is 5.75 Å². The van der Waals surface area contributed by atoms with E-state index in [1.807, 2.05) is 20.8 Å². The maximum absolute atomic E-state index is 12.5. The molecular weight excluding hydrogens is 330 g/mol.